The minimum atomic E-state index is -1.05. The van der Waals surface area contributed by atoms with Crippen LogP contribution in [0.4, 0.5) is 14.5 Å². The lowest BCUT2D eigenvalue weighted by Gasteiger charge is -2.38. The maximum atomic E-state index is 15.1. The summed E-state index contributed by atoms with van der Waals surface area (Å²) in [5.41, 5.74) is 6.75. The first-order valence-corrected chi connectivity index (χ1v) is 11.0. The van der Waals surface area contributed by atoms with E-state index in [-0.39, 0.29) is 17.5 Å². The van der Waals surface area contributed by atoms with Crippen molar-refractivity contribution < 1.29 is 18.3 Å². The molecule has 2 heterocycles. The van der Waals surface area contributed by atoms with Crippen molar-refractivity contribution in [3.63, 3.8) is 0 Å². The molecule has 1 amide bonds. The average molecular weight is 470 g/mol. The van der Waals surface area contributed by atoms with Gasteiger partial charge in [0, 0.05) is 22.9 Å². The number of aromatic nitrogens is 2. The van der Waals surface area contributed by atoms with Crippen molar-refractivity contribution in [1.82, 2.24) is 9.97 Å². The normalized spacial score (nSPS) is 20.1. The summed E-state index contributed by atoms with van der Waals surface area (Å²) in [5, 5.41) is 3.07. The first kappa shape index (κ1) is 22.7. The standard InChI is InChI=1S/C23H21F2N5O2S/c1-23(17(12-33-22(26)30-23)14-5-3-2-4-6-14)16-9-15(7-8-18(16)25)29-21(31)19-10-28-20(11-27-19)32-13-24/h2-11,17H,12-13H2,1H3,(H2,26,30)(H,29,31)/t17-,23+/m0/s1. The van der Waals surface area contributed by atoms with Crippen LogP contribution in [0, 0.1) is 5.82 Å². The lowest BCUT2D eigenvalue weighted by Crippen LogP contribution is -2.37. The summed E-state index contributed by atoms with van der Waals surface area (Å²) in [4.78, 5) is 25.0. The van der Waals surface area contributed by atoms with Gasteiger partial charge in [-0.3, -0.25) is 9.79 Å². The van der Waals surface area contributed by atoms with Gasteiger partial charge in [-0.25, -0.2) is 18.7 Å². The van der Waals surface area contributed by atoms with E-state index in [1.165, 1.54) is 30.1 Å². The highest BCUT2D eigenvalue weighted by Crippen LogP contribution is 2.46. The molecule has 0 unspecified atom stereocenters. The van der Waals surface area contributed by atoms with Crippen LogP contribution in [0.5, 0.6) is 5.88 Å². The minimum Gasteiger partial charge on any atom is -0.445 e. The van der Waals surface area contributed by atoms with Crippen LogP contribution in [0.15, 0.2) is 65.9 Å². The van der Waals surface area contributed by atoms with E-state index in [9.17, 15) is 9.18 Å². The number of ether oxygens (including phenoxy) is 1. The highest BCUT2D eigenvalue weighted by molar-refractivity contribution is 8.13. The molecule has 1 aromatic heterocycles. The Morgan fingerprint density at radius 2 is 2.03 bits per heavy atom. The highest BCUT2D eigenvalue weighted by Gasteiger charge is 2.42. The number of anilines is 1. The molecule has 0 radical (unpaired) electrons. The van der Waals surface area contributed by atoms with Crippen molar-refractivity contribution in [3.8, 4) is 5.88 Å². The van der Waals surface area contributed by atoms with Gasteiger partial charge in [-0.2, -0.15) is 0 Å². The first-order valence-electron chi connectivity index (χ1n) is 10.1. The quantitative estimate of drug-likeness (QED) is 0.560. The number of nitrogens with one attached hydrogen (secondary N) is 1. The number of carbonyl (C=O) groups excluding carboxylic acids is 1. The van der Waals surface area contributed by atoms with Crippen molar-refractivity contribution in [1.29, 1.82) is 0 Å². The van der Waals surface area contributed by atoms with E-state index in [2.05, 4.69) is 25.0 Å². The van der Waals surface area contributed by atoms with Crippen LogP contribution in [0.2, 0.25) is 0 Å². The SMILES string of the molecule is C[C@]1(c2cc(NC(=O)c3cnc(OCF)cn3)ccc2F)N=C(N)SC[C@H]1c1ccccc1. The lowest BCUT2D eigenvalue weighted by atomic mass is 9.76. The van der Waals surface area contributed by atoms with Crippen molar-refractivity contribution in [2.75, 3.05) is 17.9 Å². The van der Waals surface area contributed by atoms with Crippen molar-refractivity contribution >= 4 is 28.5 Å². The number of rotatable bonds is 6. The van der Waals surface area contributed by atoms with E-state index >= 15 is 4.39 Å². The van der Waals surface area contributed by atoms with E-state index < -0.39 is 24.1 Å². The van der Waals surface area contributed by atoms with Gasteiger partial charge in [0.15, 0.2) is 5.17 Å². The van der Waals surface area contributed by atoms with Crippen LogP contribution in [0.3, 0.4) is 0 Å². The largest absolute Gasteiger partial charge is 0.445 e. The molecule has 2 aromatic carbocycles. The molecule has 7 nitrogen and oxygen atoms in total. The number of nitrogens with two attached hydrogens (primary N) is 1. The molecule has 10 heteroatoms. The van der Waals surface area contributed by atoms with E-state index in [1.807, 2.05) is 37.3 Å². The number of amides is 1. The molecule has 1 aliphatic heterocycles. The molecular weight excluding hydrogens is 448 g/mol. The molecular formula is C23H21F2N5O2S. The van der Waals surface area contributed by atoms with Gasteiger partial charge in [0.05, 0.1) is 17.9 Å². The molecule has 2 atom stereocenters. The minimum absolute atomic E-state index is 0.00297. The van der Waals surface area contributed by atoms with E-state index in [0.29, 0.717) is 22.2 Å². The van der Waals surface area contributed by atoms with Crippen molar-refractivity contribution in [3.05, 3.63) is 83.6 Å². The number of hydrogen-bond donors (Lipinski definition) is 2. The molecule has 0 fully saturated rings. The Morgan fingerprint density at radius 3 is 2.73 bits per heavy atom. The second kappa shape index (κ2) is 9.53. The van der Waals surface area contributed by atoms with Gasteiger partial charge >= 0.3 is 0 Å². The third kappa shape index (κ3) is 4.80. The van der Waals surface area contributed by atoms with Gasteiger partial charge in [0.2, 0.25) is 12.7 Å². The topological polar surface area (TPSA) is 102 Å². The third-order valence-corrected chi connectivity index (χ3v) is 6.34. The average Bonchev–Trinajstić information content (AvgIpc) is 2.81. The van der Waals surface area contributed by atoms with Crippen LogP contribution in [-0.4, -0.2) is 33.7 Å². The zero-order chi connectivity index (χ0) is 23.4. The number of hydrogen-bond acceptors (Lipinski definition) is 7. The molecule has 0 aliphatic carbocycles. The summed E-state index contributed by atoms with van der Waals surface area (Å²) in [6.07, 6.45) is 2.31. The monoisotopic (exact) mass is 469 g/mol. The third-order valence-electron chi connectivity index (χ3n) is 5.45. The fourth-order valence-electron chi connectivity index (χ4n) is 3.77. The van der Waals surface area contributed by atoms with Crippen LogP contribution < -0.4 is 15.8 Å². The summed E-state index contributed by atoms with van der Waals surface area (Å²) in [5.74, 6) is -0.547. The molecule has 0 bridgehead atoms. The van der Waals surface area contributed by atoms with Gasteiger partial charge in [-0.05, 0) is 30.7 Å². The Hall–Kier alpha value is -3.53. The number of benzene rings is 2. The van der Waals surface area contributed by atoms with Gasteiger partial charge in [-0.15, -0.1) is 0 Å². The maximum Gasteiger partial charge on any atom is 0.275 e. The lowest BCUT2D eigenvalue weighted by molar-refractivity contribution is 0.102. The Kier molecular flexibility index (Phi) is 6.55. The Bertz CT molecular complexity index is 1180. The van der Waals surface area contributed by atoms with Crippen LogP contribution in [0.25, 0.3) is 0 Å². The maximum absolute atomic E-state index is 15.1. The smallest absolute Gasteiger partial charge is 0.275 e. The zero-order valence-electron chi connectivity index (χ0n) is 17.7. The highest BCUT2D eigenvalue weighted by atomic mass is 32.2. The van der Waals surface area contributed by atoms with Crippen LogP contribution in [0.1, 0.15) is 34.5 Å². The Labute approximate surface area is 193 Å². The number of aliphatic imine (C=N–C) groups is 1. The number of thioether (sulfide) groups is 1. The second-order valence-corrected chi connectivity index (χ2v) is 8.55. The fourth-order valence-corrected chi connectivity index (χ4v) is 4.88. The van der Waals surface area contributed by atoms with Gasteiger partial charge in [0.25, 0.3) is 5.91 Å². The van der Waals surface area contributed by atoms with E-state index in [1.54, 1.807) is 6.07 Å². The first-order chi connectivity index (χ1) is 15.9. The summed E-state index contributed by atoms with van der Waals surface area (Å²) in [6, 6.07) is 14.1. The number of halogens is 2. The second-order valence-electron chi connectivity index (χ2n) is 7.51. The molecule has 3 aromatic rings. The molecule has 170 valence electrons. The predicted molar refractivity (Wildman–Crippen MR) is 124 cm³/mol. The molecule has 4 rings (SSSR count). The fraction of sp³-hybridized carbons (Fsp3) is 0.217. The number of carbonyl (C=O) groups is 1. The number of alkyl halides is 1. The van der Waals surface area contributed by atoms with Gasteiger partial charge in [0.1, 0.15) is 11.5 Å². The molecule has 3 N–H and O–H groups in total. The predicted octanol–water partition coefficient (Wildman–Crippen LogP) is 4.23. The molecule has 0 saturated heterocycles. The van der Waals surface area contributed by atoms with Gasteiger partial charge < -0.3 is 15.8 Å². The Morgan fingerprint density at radius 1 is 1.24 bits per heavy atom. The summed E-state index contributed by atoms with van der Waals surface area (Å²) < 4.78 is 31.9. The molecule has 33 heavy (non-hydrogen) atoms. The zero-order valence-corrected chi connectivity index (χ0v) is 18.5. The molecule has 0 saturated carbocycles. The van der Waals surface area contributed by atoms with Crippen molar-refractivity contribution in [2.24, 2.45) is 10.7 Å². The van der Waals surface area contributed by atoms with Crippen LogP contribution >= 0.6 is 11.8 Å². The van der Waals surface area contributed by atoms with E-state index in [4.69, 9.17) is 5.73 Å². The number of amidine groups is 1. The van der Waals surface area contributed by atoms with E-state index in [0.717, 1.165) is 11.8 Å². The van der Waals surface area contributed by atoms with Crippen LogP contribution in [-0.2, 0) is 5.54 Å². The number of nitrogens with zero attached hydrogens (tertiary/aromatic N) is 3. The Balaban J connectivity index is 1.65. The summed E-state index contributed by atoms with van der Waals surface area (Å²) in [7, 11) is 0. The summed E-state index contributed by atoms with van der Waals surface area (Å²) in [6.45, 7) is 0.795. The molecule has 1 aliphatic rings. The van der Waals surface area contributed by atoms with Gasteiger partial charge in [-0.1, -0.05) is 42.1 Å². The van der Waals surface area contributed by atoms with Crippen molar-refractivity contribution in [2.45, 2.75) is 18.4 Å². The summed E-state index contributed by atoms with van der Waals surface area (Å²) >= 11 is 1.43. The molecule has 0 spiro atoms.